The van der Waals surface area contributed by atoms with Crippen LogP contribution in [0.1, 0.15) is 36.6 Å². The smallest absolute Gasteiger partial charge is 0.338 e. The van der Waals surface area contributed by atoms with Gasteiger partial charge in [-0.3, -0.25) is 9.36 Å². The zero-order valence-corrected chi connectivity index (χ0v) is 26.7. The Morgan fingerprint density at radius 3 is 2.57 bits per heavy atom. The summed E-state index contributed by atoms with van der Waals surface area (Å²) >= 11 is 17.4. The van der Waals surface area contributed by atoms with Crippen LogP contribution < -0.4 is 24.4 Å². The predicted molar refractivity (Wildman–Crippen MR) is 168 cm³/mol. The number of nitrogens with zero attached hydrogens (tertiary/aromatic N) is 2. The predicted octanol–water partition coefficient (Wildman–Crippen LogP) is 6.46. The Hall–Kier alpha value is -3.37. The molecule has 0 saturated carbocycles. The van der Waals surface area contributed by atoms with Gasteiger partial charge in [-0.05, 0) is 82.9 Å². The Bertz CT molecular complexity index is 1880. The quantitative estimate of drug-likeness (QED) is 0.199. The van der Waals surface area contributed by atoms with Crippen molar-refractivity contribution < 1.29 is 19.0 Å². The van der Waals surface area contributed by atoms with Gasteiger partial charge in [0.05, 0.1) is 34.0 Å². The van der Waals surface area contributed by atoms with Crippen LogP contribution in [-0.2, 0) is 16.1 Å². The maximum atomic E-state index is 13.9. The van der Waals surface area contributed by atoms with Crippen molar-refractivity contribution in [2.75, 3.05) is 13.7 Å². The Balaban J connectivity index is 1.58. The summed E-state index contributed by atoms with van der Waals surface area (Å²) in [4.78, 5) is 32.1. The van der Waals surface area contributed by atoms with Gasteiger partial charge in [0.1, 0.15) is 12.6 Å². The van der Waals surface area contributed by atoms with Gasteiger partial charge in [0.15, 0.2) is 16.3 Å². The number of rotatable bonds is 8. The number of hydrogen-bond acceptors (Lipinski definition) is 7. The first kappa shape index (κ1) is 30.1. The Kier molecular flexibility index (Phi) is 9.22. The third-order valence-electron chi connectivity index (χ3n) is 6.56. The van der Waals surface area contributed by atoms with Crippen molar-refractivity contribution >= 4 is 62.5 Å². The number of esters is 1. The number of carbonyl (C=O) groups excluding carboxylic acids is 1. The molecule has 7 nitrogen and oxygen atoms in total. The summed E-state index contributed by atoms with van der Waals surface area (Å²) in [7, 11) is 1.55. The lowest BCUT2D eigenvalue weighted by Crippen LogP contribution is -2.40. The fourth-order valence-electron chi connectivity index (χ4n) is 4.63. The number of fused-ring (bicyclic) bond motifs is 1. The molecule has 0 bridgehead atoms. The summed E-state index contributed by atoms with van der Waals surface area (Å²) in [5, 5.41) is 1.08. The first-order valence-corrected chi connectivity index (χ1v) is 15.3. The van der Waals surface area contributed by atoms with Crippen molar-refractivity contribution in [3.8, 4) is 11.5 Å². The second-order valence-corrected chi connectivity index (χ2v) is 12.0. The summed E-state index contributed by atoms with van der Waals surface area (Å²) in [5.74, 6) is 0.479. The van der Waals surface area contributed by atoms with E-state index < -0.39 is 12.0 Å². The van der Waals surface area contributed by atoms with E-state index >= 15 is 0 Å². The van der Waals surface area contributed by atoms with E-state index in [0.29, 0.717) is 58.8 Å². The summed E-state index contributed by atoms with van der Waals surface area (Å²) in [6, 6.07) is 17.4. The normalized spacial score (nSPS) is 14.8. The highest BCUT2D eigenvalue weighted by molar-refractivity contribution is 9.10. The minimum absolute atomic E-state index is 0.186. The molecule has 1 unspecified atom stereocenters. The van der Waals surface area contributed by atoms with Crippen LogP contribution in [0.2, 0.25) is 10.0 Å². The molecule has 1 aromatic heterocycles. The molecular formula is C31H25BrCl2N2O5S. The van der Waals surface area contributed by atoms with Gasteiger partial charge in [-0.2, -0.15) is 0 Å². The number of ether oxygens (including phenoxy) is 3. The third kappa shape index (κ3) is 6.06. The fourth-order valence-corrected chi connectivity index (χ4v) is 6.62. The number of thiazole rings is 1. The molecule has 4 aromatic rings. The van der Waals surface area contributed by atoms with Crippen molar-refractivity contribution in [2.24, 2.45) is 4.99 Å². The summed E-state index contributed by atoms with van der Waals surface area (Å²) in [5.41, 5.74) is 2.70. The number of halogens is 3. The van der Waals surface area contributed by atoms with Gasteiger partial charge in [0.2, 0.25) is 0 Å². The van der Waals surface area contributed by atoms with Gasteiger partial charge in [-0.1, -0.05) is 64.9 Å². The van der Waals surface area contributed by atoms with E-state index in [1.807, 2.05) is 24.3 Å². The van der Waals surface area contributed by atoms with Gasteiger partial charge in [-0.25, -0.2) is 9.79 Å². The Labute approximate surface area is 264 Å². The lowest BCUT2D eigenvalue weighted by molar-refractivity contribution is -0.139. The molecule has 0 amide bonds. The minimum Gasteiger partial charge on any atom is -0.493 e. The van der Waals surface area contributed by atoms with Crippen LogP contribution in [0.5, 0.6) is 11.5 Å². The van der Waals surface area contributed by atoms with Crippen molar-refractivity contribution in [1.29, 1.82) is 0 Å². The van der Waals surface area contributed by atoms with Gasteiger partial charge >= 0.3 is 5.97 Å². The van der Waals surface area contributed by atoms with Gasteiger partial charge < -0.3 is 14.2 Å². The number of benzene rings is 3. The monoisotopic (exact) mass is 686 g/mol. The average Bonchev–Trinajstić information content (AvgIpc) is 3.26. The number of hydrogen-bond donors (Lipinski definition) is 0. The maximum Gasteiger partial charge on any atom is 0.338 e. The van der Waals surface area contributed by atoms with E-state index in [2.05, 4.69) is 20.9 Å². The van der Waals surface area contributed by atoms with E-state index in [1.54, 1.807) is 63.4 Å². The van der Waals surface area contributed by atoms with Crippen LogP contribution in [0.25, 0.3) is 6.08 Å². The van der Waals surface area contributed by atoms with E-state index in [9.17, 15) is 9.59 Å². The van der Waals surface area contributed by atoms with Crippen LogP contribution in [0.3, 0.4) is 0 Å². The molecule has 0 N–H and O–H groups in total. The van der Waals surface area contributed by atoms with Crippen molar-refractivity contribution in [3.05, 3.63) is 123 Å². The number of methoxy groups -OCH3 is 1. The number of carbonyl (C=O) groups is 1. The summed E-state index contributed by atoms with van der Waals surface area (Å²) in [6.07, 6.45) is 1.76. The molecule has 42 heavy (non-hydrogen) atoms. The van der Waals surface area contributed by atoms with E-state index in [1.165, 1.54) is 15.9 Å². The molecule has 0 radical (unpaired) electrons. The Morgan fingerprint density at radius 2 is 1.88 bits per heavy atom. The van der Waals surface area contributed by atoms with Crippen LogP contribution in [-0.4, -0.2) is 24.3 Å². The fraction of sp³-hybridized carbons (Fsp3) is 0.194. The largest absolute Gasteiger partial charge is 0.493 e. The van der Waals surface area contributed by atoms with Crippen LogP contribution in [0.15, 0.2) is 86.2 Å². The third-order valence-corrected chi connectivity index (χ3v) is 8.73. The molecule has 1 atom stereocenters. The summed E-state index contributed by atoms with van der Waals surface area (Å²) in [6.45, 7) is 3.96. The molecular weight excluding hydrogens is 663 g/mol. The molecule has 216 valence electrons. The number of aromatic nitrogens is 1. The van der Waals surface area contributed by atoms with Gasteiger partial charge in [-0.15, -0.1) is 0 Å². The minimum atomic E-state index is -0.791. The van der Waals surface area contributed by atoms with Crippen LogP contribution >= 0.6 is 50.5 Å². The maximum absolute atomic E-state index is 13.9. The zero-order valence-electron chi connectivity index (χ0n) is 22.8. The average molecular weight is 688 g/mol. The molecule has 5 rings (SSSR count). The first-order chi connectivity index (χ1) is 20.2. The standard InChI is InChI=1S/C31H25BrCl2N2O5S/c1-4-40-30(38)26-17(2)35-31-36(27(26)21-7-5-6-8-23(21)34)29(37)25(42-31)15-19-13-22(32)28(24(14-19)39-3)41-16-18-9-11-20(33)12-10-18/h5-15,27H,4,16H2,1-3H3/b25-15-. The van der Waals surface area contributed by atoms with E-state index in [4.69, 9.17) is 37.4 Å². The van der Waals surface area contributed by atoms with E-state index in [-0.39, 0.29) is 17.7 Å². The van der Waals surface area contributed by atoms with E-state index in [0.717, 1.165) is 5.56 Å². The second kappa shape index (κ2) is 12.9. The molecule has 0 spiro atoms. The topological polar surface area (TPSA) is 79.1 Å². The molecule has 3 aromatic carbocycles. The second-order valence-electron chi connectivity index (χ2n) is 9.27. The molecule has 1 aliphatic rings. The summed E-state index contributed by atoms with van der Waals surface area (Å²) < 4.78 is 19.6. The molecule has 0 saturated heterocycles. The van der Waals surface area contributed by atoms with Crippen molar-refractivity contribution in [2.45, 2.75) is 26.5 Å². The highest BCUT2D eigenvalue weighted by atomic mass is 79.9. The van der Waals surface area contributed by atoms with Crippen molar-refractivity contribution in [3.63, 3.8) is 0 Å². The molecule has 1 aliphatic heterocycles. The highest BCUT2D eigenvalue weighted by Crippen LogP contribution is 2.38. The van der Waals surface area contributed by atoms with Crippen LogP contribution in [0, 0.1) is 0 Å². The number of allylic oxidation sites excluding steroid dienone is 1. The van der Waals surface area contributed by atoms with Crippen LogP contribution in [0.4, 0.5) is 0 Å². The Morgan fingerprint density at radius 1 is 1.14 bits per heavy atom. The molecule has 11 heteroatoms. The zero-order chi connectivity index (χ0) is 30.0. The SMILES string of the molecule is CCOC(=O)C1=C(C)N=c2s/c(=C\c3cc(Br)c(OCc4ccc(Cl)cc4)c(OC)c3)c(=O)n2C1c1ccccc1Cl. The molecule has 0 aliphatic carbocycles. The lowest BCUT2D eigenvalue weighted by Gasteiger charge is -2.25. The lowest BCUT2D eigenvalue weighted by atomic mass is 9.96. The van der Waals surface area contributed by atoms with Crippen molar-refractivity contribution in [1.82, 2.24) is 4.57 Å². The van der Waals surface area contributed by atoms with Gasteiger partial charge in [0.25, 0.3) is 5.56 Å². The molecule has 2 heterocycles. The molecule has 0 fully saturated rings. The first-order valence-electron chi connectivity index (χ1n) is 12.9. The van der Waals surface area contributed by atoms with Gasteiger partial charge in [0, 0.05) is 10.0 Å². The highest BCUT2D eigenvalue weighted by Gasteiger charge is 2.34.